The minimum absolute atomic E-state index is 0.121. The van der Waals surface area contributed by atoms with Crippen molar-refractivity contribution in [2.45, 2.75) is 16.3 Å². The molecule has 0 bridgehead atoms. The summed E-state index contributed by atoms with van der Waals surface area (Å²) < 4.78 is 37.8. The van der Waals surface area contributed by atoms with Gasteiger partial charge in [0.05, 0.1) is 4.90 Å². The van der Waals surface area contributed by atoms with Gasteiger partial charge in [0.15, 0.2) is 0 Å². The third-order valence-electron chi connectivity index (χ3n) is 3.81. The van der Waals surface area contributed by atoms with Crippen LogP contribution in [0.2, 0.25) is 0 Å². The molecule has 2 aromatic carbocycles. The van der Waals surface area contributed by atoms with E-state index in [2.05, 4.69) is 26.2 Å². The number of oxazole rings is 1. The van der Waals surface area contributed by atoms with Crippen LogP contribution in [0.1, 0.15) is 6.42 Å². The number of nitrogens with one attached hydrogen (secondary N) is 1. The molecule has 6 nitrogen and oxygen atoms in total. The van der Waals surface area contributed by atoms with Crippen LogP contribution in [0.3, 0.4) is 0 Å². The number of halogens is 1. The van der Waals surface area contributed by atoms with Crippen LogP contribution in [0, 0.1) is 0 Å². The van der Waals surface area contributed by atoms with Gasteiger partial charge in [0, 0.05) is 30.3 Å². The molecule has 0 aliphatic carbocycles. The van der Waals surface area contributed by atoms with Gasteiger partial charge in [0.25, 0.3) is 0 Å². The maximum atomic E-state index is 13.0. The van der Waals surface area contributed by atoms with Crippen molar-refractivity contribution in [3.8, 4) is 11.5 Å². The highest BCUT2D eigenvalue weighted by Gasteiger charge is 2.28. The van der Waals surface area contributed by atoms with Crippen molar-refractivity contribution in [1.82, 2.24) is 4.98 Å². The zero-order chi connectivity index (χ0) is 19.3. The topological polar surface area (TPSA) is 81.4 Å². The molecular formula is C19H19BrN2O4S. The highest BCUT2D eigenvalue weighted by Crippen LogP contribution is 2.32. The van der Waals surface area contributed by atoms with Crippen LogP contribution in [-0.2, 0) is 14.6 Å². The van der Waals surface area contributed by atoms with Crippen LogP contribution in [-0.4, -0.2) is 33.7 Å². The molecule has 3 rings (SSSR count). The standard InChI is InChI=1S/C19H19BrN2O4S/c1-25-13-5-12-21-18-19(27(23,24)16-6-3-2-4-7-16)22-17(26-18)14-8-10-15(20)11-9-14/h2-4,6-11,21H,5,12-13H2,1H3. The lowest BCUT2D eigenvalue weighted by atomic mass is 10.2. The molecule has 0 aliphatic heterocycles. The van der Waals surface area contributed by atoms with Gasteiger partial charge in [0.1, 0.15) is 0 Å². The number of hydrogen-bond acceptors (Lipinski definition) is 6. The zero-order valence-corrected chi connectivity index (χ0v) is 17.1. The Balaban J connectivity index is 2.01. The first-order chi connectivity index (χ1) is 13.0. The van der Waals surface area contributed by atoms with Crippen molar-refractivity contribution in [3.63, 3.8) is 0 Å². The Morgan fingerprint density at radius 3 is 2.48 bits per heavy atom. The molecule has 0 fully saturated rings. The number of aromatic nitrogens is 1. The van der Waals surface area contributed by atoms with Gasteiger partial charge in [-0.05, 0) is 42.8 Å². The van der Waals surface area contributed by atoms with Crippen molar-refractivity contribution < 1.29 is 17.6 Å². The summed E-state index contributed by atoms with van der Waals surface area (Å²) in [7, 11) is -2.20. The average Bonchev–Trinajstić information content (AvgIpc) is 3.11. The van der Waals surface area contributed by atoms with Crippen LogP contribution >= 0.6 is 15.9 Å². The van der Waals surface area contributed by atoms with E-state index in [0.717, 1.165) is 4.47 Å². The highest BCUT2D eigenvalue weighted by atomic mass is 79.9. The van der Waals surface area contributed by atoms with Crippen molar-refractivity contribution in [2.75, 3.05) is 25.6 Å². The van der Waals surface area contributed by atoms with Crippen LogP contribution < -0.4 is 5.32 Å². The normalized spacial score (nSPS) is 11.5. The number of benzene rings is 2. The molecule has 1 heterocycles. The van der Waals surface area contributed by atoms with Gasteiger partial charge in [-0.15, -0.1) is 0 Å². The summed E-state index contributed by atoms with van der Waals surface area (Å²) in [6.07, 6.45) is 0.704. The second kappa shape index (κ2) is 8.69. The molecule has 1 aromatic heterocycles. The number of nitrogens with zero attached hydrogens (tertiary/aromatic N) is 1. The first-order valence-corrected chi connectivity index (χ1v) is 10.6. The second-order valence-corrected chi connectivity index (χ2v) is 8.53. The summed E-state index contributed by atoms with van der Waals surface area (Å²) in [5, 5.41) is 2.91. The molecule has 0 spiro atoms. The second-order valence-electron chi connectivity index (χ2n) is 5.75. The van der Waals surface area contributed by atoms with Gasteiger partial charge >= 0.3 is 0 Å². The van der Waals surface area contributed by atoms with Gasteiger partial charge in [0.2, 0.25) is 26.6 Å². The predicted molar refractivity (Wildman–Crippen MR) is 107 cm³/mol. The Morgan fingerprint density at radius 2 is 1.81 bits per heavy atom. The van der Waals surface area contributed by atoms with E-state index in [0.29, 0.717) is 25.1 Å². The molecule has 0 aliphatic rings. The Labute approximate surface area is 166 Å². The Kier molecular flexibility index (Phi) is 6.30. The van der Waals surface area contributed by atoms with E-state index < -0.39 is 9.84 Å². The smallest absolute Gasteiger partial charge is 0.233 e. The van der Waals surface area contributed by atoms with Crippen molar-refractivity contribution in [2.24, 2.45) is 0 Å². The number of ether oxygens (including phenoxy) is 1. The molecule has 8 heteroatoms. The van der Waals surface area contributed by atoms with Crippen LogP contribution in [0.25, 0.3) is 11.5 Å². The summed E-state index contributed by atoms with van der Waals surface area (Å²) in [6.45, 7) is 1.06. The highest BCUT2D eigenvalue weighted by molar-refractivity contribution is 9.10. The predicted octanol–water partition coefficient (Wildman–Crippen LogP) is 4.39. The molecule has 0 unspecified atom stereocenters. The molecule has 1 N–H and O–H groups in total. The number of methoxy groups -OCH3 is 1. The van der Waals surface area contributed by atoms with Gasteiger partial charge in [-0.25, -0.2) is 8.42 Å². The van der Waals surface area contributed by atoms with Crippen molar-refractivity contribution in [3.05, 3.63) is 59.1 Å². The first kappa shape index (κ1) is 19.6. The lowest BCUT2D eigenvalue weighted by molar-refractivity contribution is 0.197. The fourth-order valence-corrected chi connectivity index (χ4v) is 4.01. The average molecular weight is 451 g/mol. The van der Waals surface area contributed by atoms with Crippen LogP contribution in [0.5, 0.6) is 0 Å². The monoisotopic (exact) mass is 450 g/mol. The third-order valence-corrected chi connectivity index (χ3v) is 6.01. The molecule has 0 amide bonds. The van der Waals surface area contributed by atoms with E-state index in [1.165, 1.54) is 12.1 Å². The van der Waals surface area contributed by atoms with E-state index in [-0.39, 0.29) is 21.7 Å². The van der Waals surface area contributed by atoms with Crippen molar-refractivity contribution >= 4 is 31.7 Å². The maximum absolute atomic E-state index is 13.0. The number of anilines is 1. The quantitative estimate of drug-likeness (QED) is 0.512. The molecule has 0 saturated heterocycles. The molecule has 27 heavy (non-hydrogen) atoms. The first-order valence-electron chi connectivity index (χ1n) is 8.32. The van der Waals surface area contributed by atoms with Gasteiger partial charge in [-0.1, -0.05) is 34.1 Å². The SMILES string of the molecule is COCCCNc1oc(-c2ccc(Br)cc2)nc1S(=O)(=O)c1ccccc1. The fourth-order valence-electron chi connectivity index (χ4n) is 2.45. The molecule has 142 valence electrons. The summed E-state index contributed by atoms with van der Waals surface area (Å²) >= 11 is 3.38. The Hall–Kier alpha value is -2.16. The molecule has 3 aromatic rings. The Bertz CT molecular complexity index is 986. The summed E-state index contributed by atoms with van der Waals surface area (Å²) in [5.41, 5.74) is 0.688. The van der Waals surface area contributed by atoms with E-state index in [1.54, 1.807) is 25.3 Å². The van der Waals surface area contributed by atoms with E-state index >= 15 is 0 Å². The molecule has 0 saturated carbocycles. The Morgan fingerprint density at radius 1 is 1.11 bits per heavy atom. The molecular weight excluding hydrogens is 432 g/mol. The van der Waals surface area contributed by atoms with E-state index in [1.807, 2.05) is 24.3 Å². The molecule has 0 radical (unpaired) electrons. The number of hydrogen-bond donors (Lipinski definition) is 1. The summed E-state index contributed by atoms with van der Waals surface area (Å²) in [6, 6.07) is 15.5. The van der Waals surface area contributed by atoms with Crippen molar-refractivity contribution in [1.29, 1.82) is 0 Å². The van der Waals surface area contributed by atoms with Gasteiger partial charge in [-0.2, -0.15) is 4.98 Å². The van der Waals surface area contributed by atoms with Gasteiger partial charge in [-0.3, -0.25) is 0 Å². The summed E-state index contributed by atoms with van der Waals surface area (Å²) in [4.78, 5) is 4.46. The fraction of sp³-hybridized carbons (Fsp3) is 0.211. The lowest BCUT2D eigenvalue weighted by Crippen LogP contribution is -2.09. The lowest BCUT2D eigenvalue weighted by Gasteiger charge is -2.05. The van der Waals surface area contributed by atoms with Crippen LogP contribution in [0.15, 0.2) is 73.4 Å². The third kappa shape index (κ3) is 4.58. The van der Waals surface area contributed by atoms with E-state index in [9.17, 15) is 8.42 Å². The minimum Gasteiger partial charge on any atom is -0.419 e. The molecule has 0 atom stereocenters. The maximum Gasteiger partial charge on any atom is 0.233 e. The van der Waals surface area contributed by atoms with Crippen LogP contribution in [0.4, 0.5) is 5.88 Å². The largest absolute Gasteiger partial charge is 0.419 e. The van der Waals surface area contributed by atoms with Gasteiger partial charge < -0.3 is 14.5 Å². The minimum atomic E-state index is -3.82. The number of rotatable bonds is 8. The number of sulfone groups is 1. The summed E-state index contributed by atoms with van der Waals surface area (Å²) in [5.74, 6) is 0.374. The van der Waals surface area contributed by atoms with E-state index in [4.69, 9.17) is 9.15 Å². The zero-order valence-electron chi connectivity index (χ0n) is 14.7.